The Bertz CT molecular complexity index is 438. The maximum absolute atomic E-state index is 4.50. The Morgan fingerprint density at radius 2 is 2.25 bits per heavy atom. The third kappa shape index (κ3) is 3.61. The van der Waals surface area contributed by atoms with Crippen LogP contribution in [0.4, 0.5) is 11.6 Å². The van der Waals surface area contributed by atoms with Crippen LogP contribution in [0.2, 0.25) is 0 Å². The van der Waals surface area contributed by atoms with E-state index in [0.717, 1.165) is 42.2 Å². The van der Waals surface area contributed by atoms with Crippen LogP contribution in [0.5, 0.6) is 0 Å². The van der Waals surface area contributed by atoms with Gasteiger partial charge < -0.3 is 15.1 Å². The molecule has 0 radical (unpaired) electrons. The third-order valence-corrected chi connectivity index (χ3v) is 4.27. The first-order valence-electron chi connectivity index (χ1n) is 7.29. The Morgan fingerprint density at radius 3 is 2.95 bits per heavy atom. The zero-order valence-electron chi connectivity index (χ0n) is 12.6. The molecule has 0 aromatic carbocycles. The Balaban J connectivity index is 2.18. The molecule has 1 aliphatic rings. The SMILES string of the molecule is CCCNc1ncnc(N2CCCC2CN(C)C)c1Br. The lowest BCUT2D eigenvalue weighted by Gasteiger charge is -2.29. The first kappa shape index (κ1) is 15.5. The van der Waals surface area contributed by atoms with Gasteiger partial charge in [0.25, 0.3) is 0 Å². The van der Waals surface area contributed by atoms with E-state index in [1.54, 1.807) is 6.33 Å². The van der Waals surface area contributed by atoms with Gasteiger partial charge in [-0.25, -0.2) is 9.97 Å². The van der Waals surface area contributed by atoms with Crippen molar-refractivity contribution in [3.8, 4) is 0 Å². The summed E-state index contributed by atoms with van der Waals surface area (Å²) >= 11 is 3.67. The predicted molar refractivity (Wildman–Crippen MR) is 87.4 cm³/mol. The largest absolute Gasteiger partial charge is 0.369 e. The summed E-state index contributed by atoms with van der Waals surface area (Å²) in [6, 6.07) is 0.537. The van der Waals surface area contributed by atoms with Crippen LogP contribution in [0.25, 0.3) is 0 Å². The molecule has 1 fully saturated rings. The average molecular weight is 342 g/mol. The first-order valence-corrected chi connectivity index (χ1v) is 8.08. The molecule has 1 aromatic rings. The van der Waals surface area contributed by atoms with E-state index in [-0.39, 0.29) is 0 Å². The molecule has 20 heavy (non-hydrogen) atoms. The molecule has 1 unspecified atom stereocenters. The lowest BCUT2D eigenvalue weighted by atomic mass is 10.2. The van der Waals surface area contributed by atoms with Gasteiger partial charge in [-0.05, 0) is 49.3 Å². The van der Waals surface area contributed by atoms with E-state index < -0.39 is 0 Å². The molecule has 6 heteroatoms. The third-order valence-electron chi connectivity index (χ3n) is 3.54. The summed E-state index contributed by atoms with van der Waals surface area (Å²) in [5, 5.41) is 3.35. The van der Waals surface area contributed by atoms with Gasteiger partial charge in [0.05, 0.1) is 0 Å². The Hall–Kier alpha value is -0.880. The van der Waals surface area contributed by atoms with Crippen LogP contribution in [-0.2, 0) is 0 Å². The first-order chi connectivity index (χ1) is 9.63. The zero-order valence-corrected chi connectivity index (χ0v) is 14.2. The van der Waals surface area contributed by atoms with Crippen LogP contribution in [0.1, 0.15) is 26.2 Å². The van der Waals surface area contributed by atoms with Crippen molar-refractivity contribution in [2.45, 2.75) is 32.2 Å². The molecule has 1 N–H and O–H groups in total. The predicted octanol–water partition coefficient (Wildman–Crippen LogP) is 2.59. The summed E-state index contributed by atoms with van der Waals surface area (Å²) < 4.78 is 0.985. The van der Waals surface area contributed by atoms with Gasteiger partial charge in [0, 0.05) is 25.7 Å². The molecule has 2 rings (SSSR count). The highest BCUT2D eigenvalue weighted by Crippen LogP contribution is 2.33. The van der Waals surface area contributed by atoms with Crippen molar-refractivity contribution in [1.29, 1.82) is 0 Å². The number of hydrogen-bond donors (Lipinski definition) is 1. The van der Waals surface area contributed by atoms with E-state index >= 15 is 0 Å². The minimum absolute atomic E-state index is 0.537. The molecule has 1 aromatic heterocycles. The molecule has 0 bridgehead atoms. The van der Waals surface area contributed by atoms with Gasteiger partial charge in [-0.1, -0.05) is 6.92 Å². The monoisotopic (exact) mass is 341 g/mol. The number of anilines is 2. The van der Waals surface area contributed by atoms with Gasteiger partial charge in [-0.15, -0.1) is 0 Å². The fourth-order valence-corrected chi connectivity index (χ4v) is 3.23. The summed E-state index contributed by atoms with van der Waals surface area (Å²) in [5.41, 5.74) is 0. The van der Waals surface area contributed by atoms with Gasteiger partial charge in [0.2, 0.25) is 0 Å². The van der Waals surface area contributed by atoms with Crippen LogP contribution in [0, 0.1) is 0 Å². The molecule has 0 spiro atoms. The highest BCUT2D eigenvalue weighted by atomic mass is 79.9. The highest BCUT2D eigenvalue weighted by molar-refractivity contribution is 9.10. The normalized spacial score (nSPS) is 18.9. The smallest absolute Gasteiger partial charge is 0.148 e. The van der Waals surface area contributed by atoms with E-state index in [2.05, 4.69) is 62.0 Å². The lowest BCUT2D eigenvalue weighted by molar-refractivity contribution is 0.371. The van der Waals surface area contributed by atoms with E-state index in [4.69, 9.17) is 0 Å². The molecule has 0 amide bonds. The van der Waals surface area contributed by atoms with E-state index in [9.17, 15) is 0 Å². The maximum Gasteiger partial charge on any atom is 0.148 e. The van der Waals surface area contributed by atoms with Crippen molar-refractivity contribution in [1.82, 2.24) is 14.9 Å². The number of aromatic nitrogens is 2. The van der Waals surface area contributed by atoms with Crippen LogP contribution in [0.15, 0.2) is 10.8 Å². The van der Waals surface area contributed by atoms with Crippen LogP contribution in [0.3, 0.4) is 0 Å². The molecule has 0 saturated carbocycles. The van der Waals surface area contributed by atoms with Gasteiger partial charge in [-0.2, -0.15) is 0 Å². The molecule has 1 atom stereocenters. The second-order valence-corrected chi connectivity index (χ2v) is 6.33. The fourth-order valence-electron chi connectivity index (χ4n) is 2.65. The Kier molecular flexibility index (Phi) is 5.60. The minimum atomic E-state index is 0.537. The molecule has 0 aliphatic carbocycles. The molecule has 1 saturated heterocycles. The van der Waals surface area contributed by atoms with Crippen molar-refractivity contribution >= 4 is 27.6 Å². The number of halogens is 1. The molecular formula is C14H24BrN5. The van der Waals surface area contributed by atoms with Crippen molar-refractivity contribution < 1.29 is 0 Å². The summed E-state index contributed by atoms with van der Waals surface area (Å²) in [5.74, 6) is 1.91. The van der Waals surface area contributed by atoms with Crippen LogP contribution in [-0.4, -0.2) is 54.6 Å². The topological polar surface area (TPSA) is 44.3 Å². The van der Waals surface area contributed by atoms with Crippen LogP contribution < -0.4 is 10.2 Å². The minimum Gasteiger partial charge on any atom is -0.369 e. The molecule has 112 valence electrons. The second-order valence-electron chi connectivity index (χ2n) is 5.54. The lowest BCUT2D eigenvalue weighted by Crippen LogP contribution is -2.38. The number of nitrogens with zero attached hydrogens (tertiary/aromatic N) is 4. The highest BCUT2D eigenvalue weighted by Gasteiger charge is 2.28. The molecule has 5 nitrogen and oxygen atoms in total. The van der Waals surface area contributed by atoms with Crippen molar-refractivity contribution in [2.24, 2.45) is 0 Å². The zero-order chi connectivity index (χ0) is 14.5. The van der Waals surface area contributed by atoms with Gasteiger partial charge in [0.15, 0.2) is 0 Å². The van der Waals surface area contributed by atoms with Gasteiger partial charge in [0.1, 0.15) is 22.4 Å². The summed E-state index contributed by atoms with van der Waals surface area (Å²) in [6.45, 7) is 5.21. The van der Waals surface area contributed by atoms with Crippen molar-refractivity contribution in [3.05, 3.63) is 10.8 Å². The molecule has 2 heterocycles. The summed E-state index contributed by atoms with van der Waals surface area (Å²) in [6.07, 6.45) is 5.20. The molecule has 1 aliphatic heterocycles. The fraction of sp³-hybridized carbons (Fsp3) is 0.714. The van der Waals surface area contributed by atoms with Crippen molar-refractivity contribution in [2.75, 3.05) is 43.9 Å². The standard InChI is InChI=1S/C14H24BrN5/c1-4-7-16-13-12(15)14(18-10-17-13)20-8-5-6-11(20)9-19(2)3/h10-11H,4-9H2,1-3H3,(H,16,17,18). The molecular weight excluding hydrogens is 318 g/mol. The number of nitrogens with one attached hydrogen (secondary N) is 1. The Labute approximate surface area is 129 Å². The quantitative estimate of drug-likeness (QED) is 0.861. The number of hydrogen-bond acceptors (Lipinski definition) is 5. The summed E-state index contributed by atoms with van der Waals surface area (Å²) in [7, 11) is 4.25. The average Bonchev–Trinajstić information content (AvgIpc) is 2.85. The van der Waals surface area contributed by atoms with E-state index in [1.807, 2.05) is 0 Å². The van der Waals surface area contributed by atoms with Gasteiger partial charge >= 0.3 is 0 Å². The second kappa shape index (κ2) is 7.22. The maximum atomic E-state index is 4.50. The van der Waals surface area contributed by atoms with Gasteiger partial charge in [-0.3, -0.25) is 0 Å². The Morgan fingerprint density at radius 1 is 1.45 bits per heavy atom. The summed E-state index contributed by atoms with van der Waals surface area (Å²) in [4.78, 5) is 13.5. The number of rotatable bonds is 6. The number of likely N-dealkylation sites (N-methyl/N-ethyl adjacent to an activating group) is 1. The van der Waals surface area contributed by atoms with Crippen molar-refractivity contribution in [3.63, 3.8) is 0 Å². The van der Waals surface area contributed by atoms with E-state index in [0.29, 0.717) is 6.04 Å². The van der Waals surface area contributed by atoms with Crippen LogP contribution >= 0.6 is 15.9 Å². The van der Waals surface area contributed by atoms with E-state index in [1.165, 1.54) is 12.8 Å².